The standard InChI is InChI=1S/C18H21N3O6/c1-12-15(21(25)26)9-14(10-20-12)17(23)16(22)7-8-19-18(24)27-11-13-5-3-2-4-6-13/h2-6,9-10,16-17,22-23H,7-8,11H2,1H3,(H,19,24). The molecule has 0 aliphatic carbocycles. The van der Waals surface area contributed by atoms with Crippen molar-refractivity contribution >= 4 is 11.8 Å². The van der Waals surface area contributed by atoms with E-state index in [9.17, 15) is 25.1 Å². The van der Waals surface area contributed by atoms with Crippen LogP contribution in [0.4, 0.5) is 10.5 Å². The third-order valence-electron chi connectivity index (χ3n) is 3.91. The number of rotatable bonds is 8. The Balaban J connectivity index is 1.79. The van der Waals surface area contributed by atoms with Crippen molar-refractivity contribution in [3.63, 3.8) is 0 Å². The van der Waals surface area contributed by atoms with Crippen LogP contribution in [0.5, 0.6) is 0 Å². The van der Waals surface area contributed by atoms with Gasteiger partial charge < -0.3 is 20.3 Å². The van der Waals surface area contributed by atoms with E-state index in [2.05, 4.69) is 10.3 Å². The van der Waals surface area contributed by atoms with Crippen LogP contribution >= 0.6 is 0 Å². The summed E-state index contributed by atoms with van der Waals surface area (Å²) in [5, 5.41) is 33.6. The van der Waals surface area contributed by atoms with E-state index in [-0.39, 0.29) is 36.5 Å². The molecule has 0 bridgehead atoms. The van der Waals surface area contributed by atoms with Gasteiger partial charge in [-0.3, -0.25) is 15.1 Å². The number of carbonyl (C=O) groups excluding carboxylic acids is 1. The maximum atomic E-state index is 11.6. The first-order valence-electron chi connectivity index (χ1n) is 8.30. The smallest absolute Gasteiger partial charge is 0.407 e. The number of nitrogens with zero attached hydrogens (tertiary/aromatic N) is 2. The molecule has 1 aromatic heterocycles. The number of carbonyl (C=O) groups is 1. The fraction of sp³-hybridized carbons (Fsp3) is 0.333. The highest BCUT2D eigenvalue weighted by atomic mass is 16.6. The molecule has 2 unspecified atom stereocenters. The molecule has 1 aromatic carbocycles. The highest BCUT2D eigenvalue weighted by Crippen LogP contribution is 2.24. The van der Waals surface area contributed by atoms with Crippen LogP contribution in [-0.2, 0) is 11.3 Å². The van der Waals surface area contributed by atoms with E-state index in [0.717, 1.165) is 5.56 Å². The summed E-state index contributed by atoms with van der Waals surface area (Å²) in [5.74, 6) is 0. The Labute approximate surface area is 155 Å². The Hall–Kier alpha value is -3.04. The van der Waals surface area contributed by atoms with Crippen molar-refractivity contribution in [2.24, 2.45) is 0 Å². The van der Waals surface area contributed by atoms with Crippen LogP contribution in [0.3, 0.4) is 0 Å². The van der Waals surface area contributed by atoms with Gasteiger partial charge in [0, 0.05) is 24.4 Å². The molecule has 0 saturated carbocycles. The first-order chi connectivity index (χ1) is 12.9. The molecule has 0 aliphatic rings. The molecule has 0 spiro atoms. The number of hydrogen-bond donors (Lipinski definition) is 3. The van der Waals surface area contributed by atoms with Gasteiger partial charge in [-0.25, -0.2) is 4.79 Å². The third-order valence-corrected chi connectivity index (χ3v) is 3.91. The minimum absolute atomic E-state index is 0.0310. The van der Waals surface area contributed by atoms with Gasteiger partial charge in [0.1, 0.15) is 18.4 Å². The van der Waals surface area contributed by atoms with Gasteiger partial charge in [-0.1, -0.05) is 30.3 Å². The lowest BCUT2D eigenvalue weighted by atomic mass is 10.0. The topological polar surface area (TPSA) is 135 Å². The van der Waals surface area contributed by atoms with Crippen LogP contribution in [0, 0.1) is 17.0 Å². The molecular formula is C18H21N3O6. The summed E-state index contributed by atoms with van der Waals surface area (Å²) in [4.78, 5) is 25.8. The van der Waals surface area contributed by atoms with Gasteiger partial charge in [0.2, 0.25) is 0 Å². The van der Waals surface area contributed by atoms with E-state index in [1.165, 1.54) is 19.2 Å². The number of aliphatic hydroxyl groups is 2. The summed E-state index contributed by atoms with van der Waals surface area (Å²) in [6.45, 7) is 1.67. The quantitative estimate of drug-likeness (QED) is 0.474. The van der Waals surface area contributed by atoms with Gasteiger partial charge in [-0.2, -0.15) is 0 Å². The van der Waals surface area contributed by atoms with Gasteiger partial charge in [-0.15, -0.1) is 0 Å². The van der Waals surface area contributed by atoms with Crippen LogP contribution in [0.25, 0.3) is 0 Å². The molecule has 1 heterocycles. The summed E-state index contributed by atoms with van der Waals surface area (Å²) < 4.78 is 5.03. The maximum absolute atomic E-state index is 11.6. The number of hydrogen-bond acceptors (Lipinski definition) is 7. The number of pyridine rings is 1. The van der Waals surface area contributed by atoms with Crippen molar-refractivity contribution in [2.45, 2.75) is 32.2 Å². The van der Waals surface area contributed by atoms with Gasteiger partial charge in [0.15, 0.2) is 0 Å². The van der Waals surface area contributed by atoms with Crippen LogP contribution in [0.1, 0.15) is 29.3 Å². The number of nitrogens with one attached hydrogen (secondary N) is 1. The van der Waals surface area contributed by atoms with Crippen molar-refractivity contribution in [2.75, 3.05) is 6.54 Å². The Bertz CT molecular complexity index is 784. The average Bonchev–Trinajstić information content (AvgIpc) is 2.66. The number of aryl methyl sites for hydroxylation is 1. The Morgan fingerprint density at radius 2 is 2.04 bits per heavy atom. The number of benzene rings is 1. The number of amides is 1. The van der Waals surface area contributed by atoms with E-state index in [4.69, 9.17) is 4.74 Å². The van der Waals surface area contributed by atoms with E-state index >= 15 is 0 Å². The van der Waals surface area contributed by atoms with Crippen LogP contribution in [0.2, 0.25) is 0 Å². The zero-order valence-corrected chi connectivity index (χ0v) is 14.7. The van der Waals surface area contributed by atoms with E-state index < -0.39 is 23.2 Å². The molecule has 0 saturated heterocycles. The minimum Gasteiger partial charge on any atom is -0.445 e. The first-order valence-corrected chi connectivity index (χ1v) is 8.30. The highest BCUT2D eigenvalue weighted by Gasteiger charge is 2.22. The number of alkyl carbamates (subject to hydrolysis) is 1. The van der Waals surface area contributed by atoms with E-state index in [1.54, 1.807) is 0 Å². The maximum Gasteiger partial charge on any atom is 0.407 e. The monoisotopic (exact) mass is 375 g/mol. The molecule has 2 atom stereocenters. The van der Waals surface area contributed by atoms with Gasteiger partial charge in [0.25, 0.3) is 5.69 Å². The predicted octanol–water partition coefficient (Wildman–Crippen LogP) is 2.01. The first kappa shape index (κ1) is 20.3. The summed E-state index contributed by atoms with van der Waals surface area (Å²) >= 11 is 0. The van der Waals surface area contributed by atoms with Crippen LogP contribution in [0.15, 0.2) is 42.6 Å². The molecule has 2 rings (SSSR count). The van der Waals surface area contributed by atoms with Gasteiger partial charge in [-0.05, 0) is 18.9 Å². The Kier molecular flexibility index (Phi) is 7.21. The fourth-order valence-corrected chi connectivity index (χ4v) is 2.36. The Morgan fingerprint density at radius 3 is 2.70 bits per heavy atom. The summed E-state index contributed by atoms with van der Waals surface area (Å²) in [7, 11) is 0. The third kappa shape index (κ3) is 6.01. The molecule has 27 heavy (non-hydrogen) atoms. The average molecular weight is 375 g/mol. The number of aliphatic hydroxyl groups excluding tert-OH is 2. The molecule has 3 N–H and O–H groups in total. The van der Waals surface area contributed by atoms with E-state index in [1.807, 2.05) is 30.3 Å². The molecular weight excluding hydrogens is 354 g/mol. The normalized spacial score (nSPS) is 12.9. The molecule has 0 radical (unpaired) electrons. The van der Waals surface area contributed by atoms with Crippen molar-refractivity contribution in [3.8, 4) is 0 Å². The summed E-state index contributed by atoms with van der Waals surface area (Å²) in [5.41, 5.74) is 0.956. The lowest BCUT2D eigenvalue weighted by Gasteiger charge is -2.18. The lowest BCUT2D eigenvalue weighted by molar-refractivity contribution is -0.385. The zero-order chi connectivity index (χ0) is 19.8. The molecule has 144 valence electrons. The SMILES string of the molecule is Cc1ncc(C(O)C(O)CCNC(=O)OCc2ccccc2)cc1[N+](=O)[O-]. The molecule has 2 aromatic rings. The zero-order valence-electron chi connectivity index (χ0n) is 14.7. The van der Waals surface area contributed by atoms with E-state index in [0.29, 0.717) is 0 Å². The van der Waals surface area contributed by atoms with Crippen molar-refractivity contribution in [3.05, 3.63) is 69.5 Å². The second-order valence-corrected chi connectivity index (χ2v) is 5.92. The second-order valence-electron chi connectivity index (χ2n) is 5.92. The fourth-order valence-electron chi connectivity index (χ4n) is 2.36. The Morgan fingerprint density at radius 1 is 1.33 bits per heavy atom. The lowest BCUT2D eigenvalue weighted by Crippen LogP contribution is -2.29. The van der Waals surface area contributed by atoms with Crippen LogP contribution in [-0.4, -0.2) is 38.9 Å². The second kappa shape index (κ2) is 9.60. The number of ether oxygens (including phenoxy) is 1. The summed E-state index contributed by atoms with van der Waals surface area (Å²) in [6, 6.07) is 10.3. The molecule has 9 heteroatoms. The summed E-state index contributed by atoms with van der Waals surface area (Å²) in [6.07, 6.45) is -1.93. The minimum atomic E-state index is -1.36. The van der Waals surface area contributed by atoms with Crippen molar-refractivity contribution in [1.82, 2.24) is 10.3 Å². The largest absolute Gasteiger partial charge is 0.445 e. The number of nitro groups is 1. The van der Waals surface area contributed by atoms with Gasteiger partial charge in [0.05, 0.1) is 11.0 Å². The number of aromatic nitrogens is 1. The van der Waals surface area contributed by atoms with Crippen molar-refractivity contribution in [1.29, 1.82) is 0 Å². The highest BCUT2D eigenvalue weighted by molar-refractivity contribution is 5.67. The van der Waals surface area contributed by atoms with Crippen molar-refractivity contribution < 1.29 is 24.7 Å². The predicted molar refractivity (Wildman–Crippen MR) is 95.8 cm³/mol. The molecule has 0 aliphatic heterocycles. The van der Waals surface area contributed by atoms with Gasteiger partial charge >= 0.3 is 6.09 Å². The van der Waals surface area contributed by atoms with Crippen LogP contribution < -0.4 is 5.32 Å². The molecule has 0 fully saturated rings. The molecule has 9 nitrogen and oxygen atoms in total. The molecule has 1 amide bonds.